The van der Waals surface area contributed by atoms with Crippen molar-refractivity contribution in [1.82, 2.24) is 15.3 Å². The fourth-order valence-electron chi connectivity index (χ4n) is 4.18. The van der Waals surface area contributed by atoms with Crippen molar-refractivity contribution in [2.75, 3.05) is 19.6 Å². The molecule has 10 nitrogen and oxygen atoms in total. The van der Waals surface area contributed by atoms with Gasteiger partial charge in [0.15, 0.2) is 0 Å². The summed E-state index contributed by atoms with van der Waals surface area (Å²) in [7, 11) is 0. The quantitative estimate of drug-likeness (QED) is 0.699. The first kappa shape index (κ1) is 20.8. The van der Waals surface area contributed by atoms with Crippen molar-refractivity contribution in [3.05, 3.63) is 35.4 Å². The van der Waals surface area contributed by atoms with E-state index < -0.39 is 40.8 Å². The normalized spacial score (nSPS) is 22.0. The minimum Gasteiger partial charge on any atom is -0.444 e. The van der Waals surface area contributed by atoms with E-state index >= 15 is 0 Å². The molecule has 4 amide bonds. The molecule has 2 fully saturated rings. The molecule has 0 bridgehead atoms. The van der Waals surface area contributed by atoms with Crippen molar-refractivity contribution >= 4 is 29.8 Å². The van der Waals surface area contributed by atoms with E-state index in [2.05, 4.69) is 5.32 Å². The van der Waals surface area contributed by atoms with Crippen LogP contribution in [0, 0.1) is 11.3 Å². The van der Waals surface area contributed by atoms with Gasteiger partial charge in [0, 0.05) is 31.5 Å². The van der Waals surface area contributed by atoms with Crippen LogP contribution in [0.2, 0.25) is 0 Å². The van der Waals surface area contributed by atoms with E-state index in [0.717, 1.165) is 0 Å². The fourth-order valence-corrected chi connectivity index (χ4v) is 4.18. The summed E-state index contributed by atoms with van der Waals surface area (Å²) >= 11 is 0. The van der Waals surface area contributed by atoms with Crippen LogP contribution in [0.3, 0.4) is 0 Å². The number of likely N-dealkylation sites (tertiary alicyclic amines) is 1. The Hall–Kier alpha value is -3.43. The highest BCUT2D eigenvalue weighted by atomic mass is 16.7. The zero-order chi connectivity index (χ0) is 22.6. The van der Waals surface area contributed by atoms with Crippen LogP contribution in [0.15, 0.2) is 24.3 Å². The molecule has 2 saturated heterocycles. The summed E-state index contributed by atoms with van der Waals surface area (Å²) < 4.78 is 5.34. The Morgan fingerprint density at radius 3 is 2.19 bits per heavy atom. The highest BCUT2D eigenvalue weighted by molar-refractivity contribution is 6.20. The van der Waals surface area contributed by atoms with E-state index in [1.807, 2.05) is 0 Å². The van der Waals surface area contributed by atoms with Gasteiger partial charge in [-0.2, -0.15) is 0 Å². The van der Waals surface area contributed by atoms with Crippen LogP contribution in [0.1, 0.15) is 47.9 Å². The molecule has 1 atom stereocenters. The van der Waals surface area contributed by atoms with Crippen molar-refractivity contribution in [2.24, 2.45) is 11.3 Å². The van der Waals surface area contributed by atoms with E-state index in [1.54, 1.807) is 32.9 Å². The second-order valence-electron chi connectivity index (χ2n) is 9.09. The van der Waals surface area contributed by atoms with Gasteiger partial charge in [-0.15, -0.1) is 0 Å². The molecule has 3 aliphatic heterocycles. The average Bonchev–Trinajstić information content (AvgIpc) is 2.89. The summed E-state index contributed by atoms with van der Waals surface area (Å²) in [5.74, 6) is -3.31. The Morgan fingerprint density at radius 1 is 1.06 bits per heavy atom. The van der Waals surface area contributed by atoms with Gasteiger partial charge in [0.2, 0.25) is 5.91 Å². The number of nitrogens with one attached hydrogen (secondary N) is 1. The van der Waals surface area contributed by atoms with Gasteiger partial charge in [0.05, 0.1) is 17.0 Å². The molecule has 1 aromatic carbocycles. The monoisotopic (exact) mass is 429 g/mol. The maximum Gasteiger partial charge on any atom is 0.410 e. The first-order chi connectivity index (χ1) is 14.5. The van der Waals surface area contributed by atoms with Gasteiger partial charge >= 0.3 is 12.1 Å². The van der Waals surface area contributed by atoms with Crippen molar-refractivity contribution < 1.29 is 33.5 Å². The molecule has 1 unspecified atom stereocenters. The lowest BCUT2D eigenvalue weighted by molar-refractivity contribution is -0.187. The standard InChI is InChI=1S/C21H23N3O7/c1-20(2,3)30-19(29)23-10-21(11-23)8-15(25)22-9-14(21)18(28)31-24-16(26)12-6-4-5-7-13(12)17(24)27/h4-7,14H,8-11H2,1-3H3,(H,22,25). The molecular formula is C21H23N3O7. The van der Waals surface area contributed by atoms with E-state index in [4.69, 9.17) is 9.57 Å². The highest BCUT2D eigenvalue weighted by Gasteiger charge is 2.58. The zero-order valence-electron chi connectivity index (χ0n) is 17.5. The topological polar surface area (TPSA) is 122 Å². The highest BCUT2D eigenvalue weighted by Crippen LogP contribution is 2.44. The van der Waals surface area contributed by atoms with Crippen LogP contribution in [0.25, 0.3) is 0 Å². The molecule has 1 aromatic rings. The third-order valence-corrected chi connectivity index (χ3v) is 5.64. The third-order valence-electron chi connectivity index (χ3n) is 5.64. The van der Waals surface area contributed by atoms with Crippen LogP contribution >= 0.6 is 0 Å². The van der Waals surface area contributed by atoms with E-state index in [1.165, 1.54) is 17.0 Å². The Balaban J connectivity index is 1.48. The molecule has 3 heterocycles. The maximum atomic E-state index is 13.0. The molecule has 0 aromatic heterocycles. The lowest BCUT2D eigenvalue weighted by Gasteiger charge is -2.54. The number of hydroxylamine groups is 2. The number of carbonyl (C=O) groups excluding carboxylic acids is 5. The van der Waals surface area contributed by atoms with Crippen LogP contribution in [-0.2, 0) is 19.2 Å². The van der Waals surface area contributed by atoms with Crippen LogP contribution in [0.5, 0.6) is 0 Å². The van der Waals surface area contributed by atoms with E-state index in [-0.39, 0.29) is 43.1 Å². The largest absolute Gasteiger partial charge is 0.444 e. The minimum absolute atomic E-state index is 0.0109. The van der Waals surface area contributed by atoms with Crippen molar-refractivity contribution in [3.63, 3.8) is 0 Å². The Morgan fingerprint density at radius 2 is 1.65 bits per heavy atom. The SMILES string of the molecule is CC(C)(C)OC(=O)N1CC2(CC(=O)NCC2C(=O)ON2C(=O)c3ccccc3C2=O)C1. The number of benzene rings is 1. The summed E-state index contributed by atoms with van der Waals surface area (Å²) in [5, 5.41) is 3.08. The Labute approximate surface area is 178 Å². The molecule has 0 aliphatic carbocycles. The molecule has 0 radical (unpaired) electrons. The van der Waals surface area contributed by atoms with Crippen LogP contribution in [0.4, 0.5) is 4.79 Å². The van der Waals surface area contributed by atoms with Gasteiger partial charge in [0.25, 0.3) is 11.8 Å². The summed E-state index contributed by atoms with van der Waals surface area (Å²) in [6, 6.07) is 6.19. The molecule has 3 aliphatic rings. The zero-order valence-corrected chi connectivity index (χ0v) is 17.5. The second kappa shape index (κ2) is 7.07. The average molecular weight is 429 g/mol. The third kappa shape index (κ3) is 3.62. The number of nitrogens with zero attached hydrogens (tertiary/aromatic N) is 2. The predicted octanol–water partition coefficient (Wildman–Crippen LogP) is 1.11. The lowest BCUT2D eigenvalue weighted by atomic mass is 9.65. The van der Waals surface area contributed by atoms with Crippen LogP contribution in [-0.4, -0.2) is 65.0 Å². The molecular weight excluding hydrogens is 406 g/mol. The number of carbonyl (C=O) groups is 5. The molecule has 1 N–H and O–H groups in total. The van der Waals surface area contributed by atoms with Crippen molar-refractivity contribution in [1.29, 1.82) is 0 Å². The molecule has 0 saturated carbocycles. The summed E-state index contributed by atoms with van der Waals surface area (Å²) in [6.45, 7) is 5.50. The number of piperidine rings is 1. The number of amides is 4. The van der Waals surface area contributed by atoms with Gasteiger partial charge in [-0.1, -0.05) is 17.2 Å². The predicted molar refractivity (Wildman–Crippen MR) is 104 cm³/mol. The van der Waals surface area contributed by atoms with Gasteiger partial charge < -0.3 is 19.8 Å². The van der Waals surface area contributed by atoms with Crippen LogP contribution < -0.4 is 5.32 Å². The van der Waals surface area contributed by atoms with Gasteiger partial charge in [-0.3, -0.25) is 14.4 Å². The lowest BCUT2D eigenvalue weighted by Crippen LogP contribution is -2.68. The second-order valence-corrected chi connectivity index (χ2v) is 9.09. The van der Waals surface area contributed by atoms with E-state index in [0.29, 0.717) is 5.06 Å². The molecule has 1 spiro atoms. The summed E-state index contributed by atoms with van der Waals surface area (Å²) in [6.07, 6.45) is -0.509. The Kier molecular flexibility index (Phi) is 4.75. The van der Waals surface area contributed by atoms with Gasteiger partial charge in [-0.05, 0) is 32.9 Å². The molecule has 10 heteroatoms. The number of imide groups is 1. The maximum absolute atomic E-state index is 13.0. The molecule has 4 rings (SSSR count). The Bertz CT molecular complexity index is 956. The number of hydrogen-bond acceptors (Lipinski definition) is 7. The van der Waals surface area contributed by atoms with Crippen molar-refractivity contribution in [3.8, 4) is 0 Å². The summed E-state index contributed by atoms with van der Waals surface area (Å²) in [5.41, 5.74) is -1.19. The van der Waals surface area contributed by atoms with Gasteiger partial charge in [0.1, 0.15) is 5.60 Å². The minimum atomic E-state index is -0.838. The smallest absolute Gasteiger partial charge is 0.410 e. The number of ether oxygens (including phenoxy) is 1. The van der Waals surface area contributed by atoms with Crippen molar-refractivity contribution in [2.45, 2.75) is 32.8 Å². The molecule has 164 valence electrons. The number of rotatable bonds is 2. The molecule has 31 heavy (non-hydrogen) atoms. The van der Waals surface area contributed by atoms with E-state index in [9.17, 15) is 24.0 Å². The fraction of sp³-hybridized carbons (Fsp3) is 0.476. The first-order valence-corrected chi connectivity index (χ1v) is 9.95. The first-order valence-electron chi connectivity index (χ1n) is 9.95. The van der Waals surface area contributed by atoms with Gasteiger partial charge in [-0.25, -0.2) is 9.59 Å². The number of fused-ring (bicyclic) bond motifs is 1. The number of hydrogen-bond donors (Lipinski definition) is 1. The summed E-state index contributed by atoms with van der Waals surface area (Å²) in [4.78, 5) is 68.9.